The first-order valence-electron chi connectivity index (χ1n) is 6.23. The Morgan fingerprint density at radius 3 is 2.45 bits per heavy atom. The highest BCUT2D eigenvalue weighted by Gasteiger charge is 2.14. The molecule has 0 saturated heterocycles. The molecule has 0 aliphatic heterocycles. The fourth-order valence-corrected chi connectivity index (χ4v) is 3.88. The Morgan fingerprint density at radius 2 is 1.90 bits per heavy atom. The van der Waals surface area contributed by atoms with E-state index in [1.54, 1.807) is 30.4 Å². The van der Waals surface area contributed by atoms with Crippen LogP contribution < -0.4 is 10.5 Å². The van der Waals surface area contributed by atoms with Gasteiger partial charge in [-0.1, -0.05) is 6.07 Å². The quantitative estimate of drug-likeness (QED) is 0.911. The third kappa shape index (κ3) is 3.20. The topological polar surface area (TPSA) is 72.2 Å². The minimum absolute atomic E-state index is 0.117. The molecule has 2 rings (SSSR count). The minimum atomic E-state index is -3.69. The van der Waals surface area contributed by atoms with Crippen molar-refractivity contribution in [3.63, 3.8) is 0 Å². The van der Waals surface area contributed by atoms with Gasteiger partial charge in [0.25, 0.3) is 0 Å². The second-order valence-corrected chi connectivity index (χ2v) is 7.34. The van der Waals surface area contributed by atoms with E-state index in [0.717, 1.165) is 5.69 Å². The number of thiophene rings is 1. The van der Waals surface area contributed by atoms with Gasteiger partial charge in [-0.3, -0.25) is 0 Å². The molecule has 1 heterocycles. The van der Waals surface area contributed by atoms with Crippen molar-refractivity contribution in [3.8, 4) is 0 Å². The summed E-state index contributed by atoms with van der Waals surface area (Å²) in [6.45, 7) is 5.85. The van der Waals surface area contributed by atoms with Gasteiger partial charge in [-0.05, 0) is 55.5 Å². The van der Waals surface area contributed by atoms with Gasteiger partial charge in [-0.25, -0.2) is 13.6 Å². The van der Waals surface area contributed by atoms with Gasteiger partial charge < -0.3 is 5.32 Å². The molecule has 108 valence electrons. The van der Waals surface area contributed by atoms with Crippen LogP contribution in [-0.2, 0) is 10.0 Å². The number of hydrogen-bond acceptors (Lipinski definition) is 4. The Bertz CT molecular complexity index is 721. The van der Waals surface area contributed by atoms with Gasteiger partial charge in [0.05, 0.1) is 10.9 Å². The monoisotopic (exact) mass is 310 g/mol. The molecule has 0 radical (unpaired) electrons. The maximum absolute atomic E-state index is 11.5. The number of anilines is 1. The van der Waals surface area contributed by atoms with Crippen molar-refractivity contribution >= 4 is 27.0 Å². The van der Waals surface area contributed by atoms with E-state index in [9.17, 15) is 8.42 Å². The second kappa shape index (κ2) is 5.55. The zero-order chi connectivity index (χ0) is 14.9. The summed E-state index contributed by atoms with van der Waals surface area (Å²) in [5.74, 6) is 0. The molecule has 4 nitrogen and oxygen atoms in total. The summed E-state index contributed by atoms with van der Waals surface area (Å²) >= 11 is 1.68. The lowest BCUT2D eigenvalue weighted by atomic mass is 10.1. The number of nitrogens with one attached hydrogen (secondary N) is 1. The summed E-state index contributed by atoms with van der Waals surface area (Å²) in [5, 5.41) is 10.6. The van der Waals surface area contributed by atoms with Crippen molar-refractivity contribution in [1.29, 1.82) is 0 Å². The molecule has 0 aliphatic carbocycles. The van der Waals surface area contributed by atoms with E-state index in [4.69, 9.17) is 5.14 Å². The molecule has 20 heavy (non-hydrogen) atoms. The Labute approximate surface area is 123 Å². The zero-order valence-electron chi connectivity index (χ0n) is 11.7. The average Bonchev–Trinajstić information content (AvgIpc) is 2.76. The van der Waals surface area contributed by atoms with E-state index < -0.39 is 10.0 Å². The maximum atomic E-state index is 11.5. The summed E-state index contributed by atoms with van der Waals surface area (Å²) in [6.07, 6.45) is 0. The van der Waals surface area contributed by atoms with Crippen LogP contribution in [0, 0.1) is 13.8 Å². The minimum Gasteiger partial charge on any atom is -0.378 e. The normalized spacial score (nSPS) is 13.2. The molecule has 1 aromatic heterocycles. The van der Waals surface area contributed by atoms with Gasteiger partial charge in [0.1, 0.15) is 0 Å². The molecule has 0 amide bonds. The summed E-state index contributed by atoms with van der Waals surface area (Å²) in [4.78, 5) is 1.40. The van der Waals surface area contributed by atoms with Crippen LogP contribution >= 0.6 is 11.3 Å². The predicted octanol–water partition coefficient (Wildman–Crippen LogP) is 3.19. The van der Waals surface area contributed by atoms with Crippen molar-refractivity contribution in [1.82, 2.24) is 0 Å². The third-order valence-corrected chi connectivity index (χ3v) is 5.43. The first kappa shape index (κ1) is 15.0. The van der Waals surface area contributed by atoms with Crippen LogP contribution in [0.2, 0.25) is 0 Å². The van der Waals surface area contributed by atoms with Crippen LogP contribution in [0.4, 0.5) is 5.69 Å². The van der Waals surface area contributed by atoms with E-state index >= 15 is 0 Å². The Morgan fingerprint density at radius 1 is 1.20 bits per heavy atom. The Kier molecular flexibility index (Phi) is 4.17. The standard InChI is InChI=1S/C14H18N2O2S2/c1-9-4-5-12(8-13(9)20(15,17)18)16-11(3)14-10(2)6-7-19-14/h4-8,11,16H,1-3H3,(H2,15,17,18). The fraction of sp³-hybridized carbons (Fsp3) is 0.286. The smallest absolute Gasteiger partial charge is 0.238 e. The maximum Gasteiger partial charge on any atom is 0.238 e. The van der Waals surface area contributed by atoms with Gasteiger partial charge >= 0.3 is 0 Å². The van der Waals surface area contributed by atoms with Crippen LogP contribution in [0.1, 0.15) is 29.0 Å². The van der Waals surface area contributed by atoms with Crippen LogP contribution in [0.15, 0.2) is 34.5 Å². The average molecular weight is 310 g/mol. The van der Waals surface area contributed by atoms with E-state index in [-0.39, 0.29) is 10.9 Å². The molecule has 0 aliphatic rings. The number of nitrogens with two attached hydrogens (primary N) is 1. The van der Waals surface area contributed by atoms with Crippen molar-refractivity contribution in [2.75, 3.05) is 5.32 Å². The molecule has 1 aromatic carbocycles. The van der Waals surface area contributed by atoms with Gasteiger partial charge in [-0.2, -0.15) is 0 Å². The van der Waals surface area contributed by atoms with Gasteiger partial charge in [0, 0.05) is 10.6 Å². The SMILES string of the molecule is Cc1ccc(NC(C)c2sccc2C)cc1S(N)(=O)=O. The van der Waals surface area contributed by atoms with E-state index in [0.29, 0.717) is 5.56 Å². The number of hydrogen-bond donors (Lipinski definition) is 2. The Hall–Kier alpha value is -1.37. The Balaban J connectivity index is 2.29. The number of rotatable bonds is 4. The number of primary sulfonamides is 1. The van der Waals surface area contributed by atoms with Crippen molar-refractivity contribution < 1.29 is 8.42 Å². The van der Waals surface area contributed by atoms with Gasteiger partial charge in [0.2, 0.25) is 10.0 Å². The number of benzene rings is 1. The molecule has 3 N–H and O–H groups in total. The highest BCUT2D eigenvalue weighted by molar-refractivity contribution is 7.89. The van der Waals surface area contributed by atoms with Crippen molar-refractivity contribution in [3.05, 3.63) is 45.6 Å². The molecular formula is C14H18N2O2S2. The van der Waals surface area contributed by atoms with E-state index in [2.05, 4.69) is 25.2 Å². The lowest BCUT2D eigenvalue weighted by Gasteiger charge is -2.16. The summed E-state index contributed by atoms with van der Waals surface area (Å²) in [6, 6.07) is 7.40. The fourth-order valence-electron chi connectivity index (χ4n) is 2.14. The molecule has 0 bridgehead atoms. The second-order valence-electron chi connectivity index (χ2n) is 4.86. The number of sulfonamides is 1. The van der Waals surface area contributed by atoms with E-state index in [1.165, 1.54) is 10.4 Å². The van der Waals surface area contributed by atoms with Crippen LogP contribution in [0.3, 0.4) is 0 Å². The molecule has 0 fully saturated rings. The largest absolute Gasteiger partial charge is 0.378 e. The molecule has 6 heteroatoms. The summed E-state index contributed by atoms with van der Waals surface area (Å²) in [5.41, 5.74) is 2.63. The van der Waals surface area contributed by atoms with Gasteiger partial charge in [0.15, 0.2) is 0 Å². The molecular weight excluding hydrogens is 292 g/mol. The molecule has 1 atom stereocenters. The molecule has 2 aromatic rings. The lowest BCUT2D eigenvalue weighted by Crippen LogP contribution is -2.14. The first-order chi connectivity index (χ1) is 9.29. The van der Waals surface area contributed by atoms with E-state index in [1.807, 2.05) is 11.4 Å². The molecule has 1 unspecified atom stereocenters. The van der Waals surface area contributed by atoms with Gasteiger partial charge in [-0.15, -0.1) is 11.3 Å². The lowest BCUT2D eigenvalue weighted by molar-refractivity contribution is 0.597. The molecule has 0 saturated carbocycles. The molecule has 0 spiro atoms. The van der Waals surface area contributed by atoms with Crippen LogP contribution in [0.25, 0.3) is 0 Å². The summed E-state index contributed by atoms with van der Waals surface area (Å²) in [7, 11) is -3.69. The highest BCUT2D eigenvalue weighted by atomic mass is 32.2. The van der Waals surface area contributed by atoms with Crippen LogP contribution in [-0.4, -0.2) is 8.42 Å². The van der Waals surface area contributed by atoms with Crippen molar-refractivity contribution in [2.24, 2.45) is 5.14 Å². The number of aryl methyl sites for hydroxylation is 2. The van der Waals surface area contributed by atoms with Crippen LogP contribution in [0.5, 0.6) is 0 Å². The first-order valence-corrected chi connectivity index (χ1v) is 8.65. The summed E-state index contributed by atoms with van der Waals surface area (Å²) < 4.78 is 23.1. The predicted molar refractivity (Wildman–Crippen MR) is 83.6 cm³/mol. The van der Waals surface area contributed by atoms with Crippen molar-refractivity contribution in [2.45, 2.75) is 31.7 Å². The highest BCUT2D eigenvalue weighted by Crippen LogP contribution is 2.28. The zero-order valence-corrected chi connectivity index (χ0v) is 13.3. The third-order valence-electron chi connectivity index (χ3n) is 3.17.